The average Bonchev–Trinajstić information content (AvgIpc) is 2.45. The predicted octanol–water partition coefficient (Wildman–Crippen LogP) is 2.05. The maximum Gasteiger partial charge on any atom is 0.258 e. The number of nitrogens with one attached hydrogen (secondary N) is 2. The van der Waals surface area contributed by atoms with Gasteiger partial charge in [-0.3, -0.25) is 0 Å². The van der Waals surface area contributed by atoms with Gasteiger partial charge in [0.05, 0.1) is 0 Å². The summed E-state index contributed by atoms with van der Waals surface area (Å²) in [6.07, 6.45) is 5.80. The SMILES string of the molecule is CCCCCCNS(=O)(=O)c1ccc(CNCC)cn1. The van der Waals surface area contributed by atoms with Gasteiger partial charge in [-0.05, 0) is 24.6 Å². The first-order valence-corrected chi connectivity index (χ1v) is 8.73. The van der Waals surface area contributed by atoms with Crippen molar-refractivity contribution in [3.05, 3.63) is 23.9 Å². The van der Waals surface area contributed by atoms with Crippen molar-refractivity contribution < 1.29 is 8.42 Å². The lowest BCUT2D eigenvalue weighted by atomic mass is 10.2. The molecule has 6 heteroatoms. The minimum absolute atomic E-state index is 0.0910. The molecular weight excluding hydrogens is 274 g/mol. The first-order chi connectivity index (χ1) is 9.60. The fraction of sp³-hybridized carbons (Fsp3) is 0.643. The van der Waals surface area contributed by atoms with Crippen LogP contribution in [0.2, 0.25) is 0 Å². The van der Waals surface area contributed by atoms with E-state index in [0.29, 0.717) is 13.1 Å². The number of aromatic nitrogens is 1. The van der Waals surface area contributed by atoms with Gasteiger partial charge in [0, 0.05) is 19.3 Å². The Morgan fingerprint density at radius 2 is 1.95 bits per heavy atom. The highest BCUT2D eigenvalue weighted by Gasteiger charge is 2.14. The second-order valence-corrected chi connectivity index (χ2v) is 6.46. The van der Waals surface area contributed by atoms with E-state index < -0.39 is 10.0 Å². The number of hydrogen-bond donors (Lipinski definition) is 2. The van der Waals surface area contributed by atoms with Crippen LogP contribution in [0, 0.1) is 0 Å². The van der Waals surface area contributed by atoms with Gasteiger partial charge < -0.3 is 5.32 Å². The summed E-state index contributed by atoms with van der Waals surface area (Å²) in [6, 6.07) is 3.35. The molecule has 1 aromatic heterocycles. The van der Waals surface area contributed by atoms with Gasteiger partial charge in [-0.2, -0.15) is 0 Å². The van der Waals surface area contributed by atoms with E-state index >= 15 is 0 Å². The summed E-state index contributed by atoms with van der Waals surface area (Å²) in [5.41, 5.74) is 0.980. The van der Waals surface area contributed by atoms with Crippen LogP contribution in [0.5, 0.6) is 0 Å². The molecule has 114 valence electrons. The van der Waals surface area contributed by atoms with Crippen molar-refractivity contribution in [1.82, 2.24) is 15.0 Å². The Hall–Kier alpha value is -0.980. The van der Waals surface area contributed by atoms with E-state index in [9.17, 15) is 8.42 Å². The fourth-order valence-corrected chi connectivity index (χ4v) is 2.78. The quantitative estimate of drug-likeness (QED) is 0.649. The van der Waals surface area contributed by atoms with Crippen LogP contribution in [0.25, 0.3) is 0 Å². The molecule has 0 aromatic carbocycles. The number of nitrogens with zero attached hydrogens (tertiary/aromatic N) is 1. The Bertz CT molecular complexity index is 472. The molecule has 0 aliphatic carbocycles. The molecule has 1 aromatic rings. The van der Waals surface area contributed by atoms with E-state index in [1.165, 1.54) is 0 Å². The Labute approximate surface area is 122 Å². The highest BCUT2D eigenvalue weighted by Crippen LogP contribution is 2.07. The minimum Gasteiger partial charge on any atom is -0.313 e. The molecule has 1 heterocycles. The Morgan fingerprint density at radius 3 is 2.55 bits per heavy atom. The number of rotatable bonds is 10. The average molecular weight is 299 g/mol. The molecule has 2 N–H and O–H groups in total. The third-order valence-electron chi connectivity index (χ3n) is 2.97. The summed E-state index contributed by atoms with van der Waals surface area (Å²) in [4.78, 5) is 4.03. The lowest BCUT2D eigenvalue weighted by Gasteiger charge is -2.07. The molecule has 0 saturated heterocycles. The van der Waals surface area contributed by atoms with E-state index in [-0.39, 0.29) is 5.03 Å². The summed E-state index contributed by atoms with van der Waals surface area (Å²) in [5.74, 6) is 0. The first kappa shape index (κ1) is 17.1. The molecule has 0 aliphatic rings. The largest absolute Gasteiger partial charge is 0.313 e. The van der Waals surface area contributed by atoms with Crippen LogP contribution in [-0.2, 0) is 16.6 Å². The molecule has 0 amide bonds. The third kappa shape index (κ3) is 5.98. The Balaban J connectivity index is 2.50. The Kier molecular flexibility index (Phi) is 7.72. The van der Waals surface area contributed by atoms with Gasteiger partial charge in [0.1, 0.15) is 0 Å². The van der Waals surface area contributed by atoms with Crippen molar-refractivity contribution in [2.75, 3.05) is 13.1 Å². The van der Waals surface area contributed by atoms with E-state index in [0.717, 1.165) is 37.8 Å². The summed E-state index contributed by atoms with van der Waals surface area (Å²) in [5, 5.41) is 3.26. The van der Waals surface area contributed by atoms with Crippen LogP contribution in [0.15, 0.2) is 23.4 Å². The summed E-state index contributed by atoms with van der Waals surface area (Å²) < 4.78 is 26.6. The molecule has 1 rings (SSSR count). The smallest absolute Gasteiger partial charge is 0.258 e. The Morgan fingerprint density at radius 1 is 1.15 bits per heavy atom. The molecule has 0 saturated carbocycles. The van der Waals surface area contributed by atoms with Crippen molar-refractivity contribution in [1.29, 1.82) is 0 Å². The predicted molar refractivity (Wildman–Crippen MR) is 80.9 cm³/mol. The summed E-state index contributed by atoms with van der Waals surface area (Å²) in [6.45, 7) is 6.20. The van der Waals surface area contributed by atoms with Crippen LogP contribution in [-0.4, -0.2) is 26.5 Å². The molecule has 0 radical (unpaired) electrons. The van der Waals surface area contributed by atoms with Gasteiger partial charge >= 0.3 is 0 Å². The lowest BCUT2D eigenvalue weighted by Crippen LogP contribution is -2.25. The standard InChI is InChI=1S/C14H25N3O2S/c1-3-5-6-7-10-17-20(18,19)14-9-8-13(12-16-14)11-15-4-2/h8-9,12,15,17H,3-7,10-11H2,1-2H3. The molecule has 0 aliphatic heterocycles. The highest BCUT2D eigenvalue weighted by atomic mass is 32.2. The second kappa shape index (κ2) is 9.05. The van der Waals surface area contributed by atoms with Crippen molar-refractivity contribution in [3.63, 3.8) is 0 Å². The zero-order valence-corrected chi connectivity index (χ0v) is 13.2. The van der Waals surface area contributed by atoms with Gasteiger partial charge in [-0.15, -0.1) is 0 Å². The fourth-order valence-electron chi connectivity index (χ4n) is 1.78. The third-order valence-corrected chi connectivity index (χ3v) is 4.35. The monoisotopic (exact) mass is 299 g/mol. The highest BCUT2D eigenvalue weighted by molar-refractivity contribution is 7.89. The zero-order chi connectivity index (χ0) is 14.8. The molecule has 20 heavy (non-hydrogen) atoms. The van der Waals surface area contributed by atoms with Gasteiger partial charge in [0.2, 0.25) is 0 Å². The van der Waals surface area contributed by atoms with Gasteiger partial charge in [0.25, 0.3) is 10.0 Å². The van der Waals surface area contributed by atoms with E-state index in [2.05, 4.69) is 21.9 Å². The molecular formula is C14H25N3O2S. The molecule has 0 fully saturated rings. The van der Waals surface area contributed by atoms with Crippen molar-refractivity contribution in [2.45, 2.75) is 51.1 Å². The number of sulfonamides is 1. The van der Waals surface area contributed by atoms with Crippen LogP contribution in [0.1, 0.15) is 45.1 Å². The van der Waals surface area contributed by atoms with E-state index in [1.54, 1.807) is 18.3 Å². The normalized spacial score (nSPS) is 11.7. The number of unbranched alkanes of at least 4 members (excludes halogenated alkanes) is 3. The van der Waals surface area contributed by atoms with Crippen LogP contribution < -0.4 is 10.0 Å². The van der Waals surface area contributed by atoms with E-state index in [4.69, 9.17) is 0 Å². The van der Waals surface area contributed by atoms with Crippen molar-refractivity contribution in [3.8, 4) is 0 Å². The van der Waals surface area contributed by atoms with Crippen molar-refractivity contribution in [2.24, 2.45) is 0 Å². The zero-order valence-electron chi connectivity index (χ0n) is 12.4. The molecule has 0 atom stereocenters. The maximum absolute atomic E-state index is 12.0. The lowest BCUT2D eigenvalue weighted by molar-refractivity contribution is 0.570. The first-order valence-electron chi connectivity index (χ1n) is 7.25. The van der Waals surface area contributed by atoms with Gasteiger partial charge in [0.15, 0.2) is 5.03 Å². The number of pyridine rings is 1. The molecule has 0 spiro atoms. The van der Waals surface area contributed by atoms with E-state index in [1.807, 2.05) is 6.92 Å². The maximum atomic E-state index is 12.0. The van der Waals surface area contributed by atoms with Crippen molar-refractivity contribution >= 4 is 10.0 Å². The topological polar surface area (TPSA) is 71.1 Å². The summed E-state index contributed by atoms with van der Waals surface area (Å²) >= 11 is 0. The number of hydrogen-bond acceptors (Lipinski definition) is 4. The molecule has 0 bridgehead atoms. The second-order valence-electron chi connectivity index (χ2n) is 4.74. The van der Waals surface area contributed by atoms with Gasteiger partial charge in [-0.25, -0.2) is 18.1 Å². The van der Waals surface area contributed by atoms with Crippen LogP contribution in [0.3, 0.4) is 0 Å². The van der Waals surface area contributed by atoms with Crippen LogP contribution in [0.4, 0.5) is 0 Å². The molecule has 0 unspecified atom stereocenters. The molecule has 5 nitrogen and oxygen atoms in total. The van der Waals surface area contributed by atoms with Crippen LogP contribution >= 0.6 is 0 Å². The summed E-state index contributed by atoms with van der Waals surface area (Å²) in [7, 11) is -3.47. The minimum atomic E-state index is -3.47. The van der Waals surface area contributed by atoms with Gasteiger partial charge in [-0.1, -0.05) is 39.2 Å².